The summed E-state index contributed by atoms with van der Waals surface area (Å²) in [5.41, 5.74) is 0. The molecule has 0 aromatic carbocycles. The highest BCUT2D eigenvalue weighted by molar-refractivity contribution is 5.79. The highest BCUT2D eigenvalue weighted by atomic mass is 16.1. The number of carbonyl (C=O) groups excluding carboxylic acids is 1. The van der Waals surface area contributed by atoms with Crippen LogP contribution in [0.2, 0.25) is 0 Å². The Hall–Kier alpha value is -0.370. The highest BCUT2D eigenvalue weighted by Crippen LogP contribution is 2.05. The molecule has 1 fully saturated rings. The molecular formula is C7H13NO. The zero-order chi connectivity index (χ0) is 6.69. The molecule has 0 amide bonds. The molecule has 0 unspecified atom stereocenters. The van der Waals surface area contributed by atoms with E-state index in [0.29, 0.717) is 11.8 Å². The Morgan fingerprint density at radius 2 is 2.56 bits per heavy atom. The van der Waals surface area contributed by atoms with E-state index in [4.69, 9.17) is 0 Å². The molecule has 2 nitrogen and oxygen atoms in total. The van der Waals surface area contributed by atoms with E-state index in [9.17, 15) is 4.79 Å². The van der Waals surface area contributed by atoms with E-state index in [2.05, 4.69) is 12.2 Å². The Labute approximate surface area is 55.6 Å². The maximum absolute atomic E-state index is 10.8. The van der Waals surface area contributed by atoms with E-state index in [-0.39, 0.29) is 0 Å². The summed E-state index contributed by atoms with van der Waals surface area (Å²) in [6, 6.07) is 0.464. The lowest BCUT2D eigenvalue weighted by Gasteiger charge is -2.20. The number of piperidine rings is 1. The maximum Gasteiger partial charge on any atom is 0.135 e. The SMILES string of the molecule is CC[C@@H]1CC(=O)CCN1. The van der Waals surface area contributed by atoms with Crippen LogP contribution in [0.25, 0.3) is 0 Å². The smallest absolute Gasteiger partial charge is 0.135 e. The second-order valence-electron chi connectivity index (χ2n) is 2.55. The Morgan fingerprint density at radius 3 is 3.00 bits per heavy atom. The van der Waals surface area contributed by atoms with Crippen LogP contribution >= 0.6 is 0 Å². The van der Waals surface area contributed by atoms with Crippen molar-refractivity contribution in [3.05, 3.63) is 0 Å². The zero-order valence-corrected chi connectivity index (χ0v) is 5.81. The fraction of sp³-hybridized carbons (Fsp3) is 0.857. The second-order valence-corrected chi connectivity index (χ2v) is 2.55. The minimum atomic E-state index is 0.417. The van der Waals surface area contributed by atoms with Gasteiger partial charge in [-0.25, -0.2) is 0 Å². The Balaban J connectivity index is 2.32. The number of nitrogens with one attached hydrogen (secondary N) is 1. The van der Waals surface area contributed by atoms with E-state index < -0.39 is 0 Å². The number of ketones is 1. The molecule has 1 saturated heterocycles. The van der Waals surface area contributed by atoms with Crippen molar-refractivity contribution in [1.29, 1.82) is 0 Å². The molecule has 2 heteroatoms. The van der Waals surface area contributed by atoms with E-state index in [0.717, 1.165) is 25.8 Å². The molecule has 0 saturated carbocycles. The normalized spacial score (nSPS) is 28.6. The van der Waals surface area contributed by atoms with Gasteiger partial charge in [0, 0.05) is 25.4 Å². The molecular weight excluding hydrogens is 114 g/mol. The Morgan fingerprint density at radius 1 is 1.78 bits per heavy atom. The summed E-state index contributed by atoms with van der Waals surface area (Å²) >= 11 is 0. The van der Waals surface area contributed by atoms with Crippen LogP contribution in [0.1, 0.15) is 26.2 Å². The van der Waals surface area contributed by atoms with E-state index >= 15 is 0 Å². The Bertz CT molecular complexity index is 111. The van der Waals surface area contributed by atoms with Gasteiger partial charge in [-0.05, 0) is 6.42 Å². The first-order chi connectivity index (χ1) is 4.33. The van der Waals surface area contributed by atoms with Crippen LogP contribution in [0.5, 0.6) is 0 Å². The van der Waals surface area contributed by atoms with Crippen LogP contribution < -0.4 is 5.32 Å². The third-order valence-electron chi connectivity index (χ3n) is 1.80. The zero-order valence-electron chi connectivity index (χ0n) is 5.81. The molecule has 1 atom stereocenters. The molecule has 52 valence electrons. The summed E-state index contributed by atoms with van der Waals surface area (Å²) in [5, 5.41) is 3.28. The van der Waals surface area contributed by atoms with Crippen molar-refractivity contribution in [2.45, 2.75) is 32.2 Å². The van der Waals surface area contributed by atoms with E-state index in [1.807, 2.05) is 0 Å². The van der Waals surface area contributed by atoms with Gasteiger partial charge in [-0.3, -0.25) is 4.79 Å². The average Bonchev–Trinajstić information content (AvgIpc) is 1.88. The highest BCUT2D eigenvalue weighted by Gasteiger charge is 2.15. The lowest BCUT2D eigenvalue weighted by molar-refractivity contribution is -0.120. The molecule has 9 heavy (non-hydrogen) atoms. The van der Waals surface area contributed by atoms with Crippen molar-refractivity contribution >= 4 is 5.78 Å². The van der Waals surface area contributed by atoms with Gasteiger partial charge >= 0.3 is 0 Å². The quantitative estimate of drug-likeness (QED) is 0.562. The summed E-state index contributed by atoms with van der Waals surface area (Å²) in [6.07, 6.45) is 2.55. The summed E-state index contributed by atoms with van der Waals surface area (Å²) in [5.74, 6) is 0.417. The van der Waals surface area contributed by atoms with Gasteiger partial charge < -0.3 is 5.32 Å². The van der Waals surface area contributed by atoms with Gasteiger partial charge in [-0.2, -0.15) is 0 Å². The molecule has 1 aliphatic rings. The first kappa shape index (κ1) is 6.75. The molecule has 0 aromatic rings. The van der Waals surface area contributed by atoms with Crippen molar-refractivity contribution in [3.63, 3.8) is 0 Å². The maximum atomic E-state index is 10.8. The third-order valence-corrected chi connectivity index (χ3v) is 1.80. The van der Waals surface area contributed by atoms with Crippen molar-refractivity contribution in [3.8, 4) is 0 Å². The fourth-order valence-corrected chi connectivity index (χ4v) is 1.15. The first-order valence-corrected chi connectivity index (χ1v) is 3.58. The summed E-state index contributed by atoms with van der Waals surface area (Å²) < 4.78 is 0. The van der Waals surface area contributed by atoms with Crippen molar-refractivity contribution in [1.82, 2.24) is 5.32 Å². The first-order valence-electron chi connectivity index (χ1n) is 3.58. The minimum absolute atomic E-state index is 0.417. The number of rotatable bonds is 1. The molecule has 0 spiro atoms. The number of hydrogen-bond acceptors (Lipinski definition) is 2. The van der Waals surface area contributed by atoms with Crippen molar-refractivity contribution in [2.75, 3.05) is 6.54 Å². The molecule has 0 aromatic heterocycles. The van der Waals surface area contributed by atoms with Gasteiger partial charge in [0.1, 0.15) is 5.78 Å². The van der Waals surface area contributed by atoms with Crippen molar-refractivity contribution < 1.29 is 4.79 Å². The summed E-state index contributed by atoms with van der Waals surface area (Å²) in [4.78, 5) is 10.8. The molecule has 1 heterocycles. The second kappa shape index (κ2) is 2.97. The van der Waals surface area contributed by atoms with Crippen LogP contribution in [0.4, 0.5) is 0 Å². The third kappa shape index (κ3) is 1.79. The summed E-state index contributed by atoms with van der Waals surface area (Å²) in [7, 11) is 0. The van der Waals surface area contributed by atoms with Gasteiger partial charge in [0.15, 0.2) is 0 Å². The van der Waals surface area contributed by atoms with Crippen LogP contribution in [0.3, 0.4) is 0 Å². The lowest BCUT2D eigenvalue weighted by Crippen LogP contribution is -2.37. The Kier molecular flexibility index (Phi) is 2.22. The van der Waals surface area contributed by atoms with E-state index in [1.54, 1.807) is 0 Å². The molecule has 1 N–H and O–H groups in total. The fourth-order valence-electron chi connectivity index (χ4n) is 1.15. The van der Waals surface area contributed by atoms with Crippen molar-refractivity contribution in [2.24, 2.45) is 0 Å². The number of Topliss-reactive ketones (excluding diaryl/α,β-unsaturated/α-hetero) is 1. The molecule has 0 radical (unpaired) electrons. The largest absolute Gasteiger partial charge is 0.313 e. The van der Waals surface area contributed by atoms with Gasteiger partial charge in [0.2, 0.25) is 0 Å². The van der Waals surface area contributed by atoms with E-state index in [1.165, 1.54) is 0 Å². The lowest BCUT2D eigenvalue weighted by atomic mass is 10.0. The van der Waals surface area contributed by atoms with Crippen LogP contribution in [0, 0.1) is 0 Å². The summed E-state index contributed by atoms with van der Waals surface area (Å²) in [6.45, 7) is 2.99. The molecule has 1 aliphatic heterocycles. The number of hydrogen-bond donors (Lipinski definition) is 1. The standard InChI is InChI=1S/C7H13NO/c1-2-6-5-7(9)3-4-8-6/h6,8H,2-5H2,1H3/t6-/m1/s1. The average molecular weight is 127 g/mol. The topological polar surface area (TPSA) is 29.1 Å². The predicted molar refractivity (Wildman–Crippen MR) is 36.3 cm³/mol. The van der Waals surface area contributed by atoms with Gasteiger partial charge in [0.25, 0.3) is 0 Å². The van der Waals surface area contributed by atoms with Gasteiger partial charge in [0.05, 0.1) is 0 Å². The monoisotopic (exact) mass is 127 g/mol. The van der Waals surface area contributed by atoms with Crippen LogP contribution in [-0.2, 0) is 4.79 Å². The number of carbonyl (C=O) groups is 1. The van der Waals surface area contributed by atoms with Crippen LogP contribution in [-0.4, -0.2) is 18.4 Å². The van der Waals surface area contributed by atoms with Crippen LogP contribution in [0.15, 0.2) is 0 Å². The molecule has 0 bridgehead atoms. The molecule has 0 aliphatic carbocycles. The van der Waals surface area contributed by atoms with Gasteiger partial charge in [-0.1, -0.05) is 6.92 Å². The molecule has 1 rings (SSSR count). The van der Waals surface area contributed by atoms with Gasteiger partial charge in [-0.15, -0.1) is 0 Å². The minimum Gasteiger partial charge on any atom is -0.313 e. The predicted octanol–water partition coefficient (Wildman–Crippen LogP) is 0.718.